The molecule has 0 aromatic heterocycles. The SMILES string of the molecule is CC(C)=CC[N+]1(CCC(c2ccccc2)c2cc(C)ccc2O)CCCC1. The lowest BCUT2D eigenvalue weighted by Crippen LogP contribution is -2.46. The lowest BCUT2D eigenvalue weighted by molar-refractivity contribution is -0.911. The lowest BCUT2D eigenvalue weighted by Gasteiger charge is -2.35. The molecule has 1 aliphatic rings. The molecule has 2 aromatic carbocycles. The van der Waals surface area contributed by atoms with Crippen LogP contribution < -0.4 is 0 Å². The minimum Gasteiger partial charge on any atom is -0.508 e. The van der Waals surface area contributed by atoms with Crippen molar-refractivity contribution in [3.63, 3.8) is 0 Å². The zero-order valence-electron chi connectivity index (χ0n) is 17.1. The van der Waals surface area contributed by atoms with Crippen LogP contribution in [0.1, 0.15) is 55.7 Å². The van der Waals surface area contributed by atoms with E-state index in [1.54, 1.807) is 0 Å². The smallest absolute Gasteiger partial charge is 0.119 e. The quantitative estimate of drug-likeness (QED) is 0.486. The first-order valence-corrected chi connectivity index (χ1v) is 10.3. The highest BCUT2D eigenvalue weighted by molar-refractivity contribution is 5.43. The van der Waals surface area contributed by atoms with Gasteiger partial charge in [0.2, 0.25) is 0 Å². The minimum absolute atomic E-state index is 0.244. The van der Waals surface area contributed by atoms with E-state index < -0.39 is 0 Å². The van der Waals surface area contributed by atoms with Crippen LogP contribution in [0.4, 0.5) is 0 Å². The Labute approximate surface area is 164 Å². The van der Waals surface area contributed by atoms with Gasteiger partial charge in [0.1, 0.15) is 5.75 Å². The summed E-state index contributed by atoms with van der Waals surface area (Å²) in [6.07, 6.45) is 6.15. The number of aromatic hydroxyl groups is 1. The van der Waals surface area contributed by atoms with E-state index >= 15 is 0 Å². The predicted octanol–water partition coefficient (Wildman–Crippen LogP) is 5.80. The van der Waals surface area contributed by atoms with Gasteiger partial charge in [0, 0.05) is 30.7 Å². The first kappa shape index (κ1) is 19.7. The van der Waals surface area contributed by atoms with Gasteiger partial charge in [0.05, 0.1) is 26.2 Å². The maximum atomic E-state index is 10.6. The van der Waals surface area contributed by atoms with Crippen LogP contribution in [0.5, 0.6) is 5.75 Å². The molecule has 3 rings (SSSR count). The Morgan fingerprint density at radius 1 is 1.07 bits per heavy atom. The van der Waals surface area contributed by atoms with Gasteiger partial charge < -0.3 is 9.59 Å². The standard InChI is InChI=1S/C25H33NO/c1-20(2)13-17-26(15-7-8-16-26)18-14-23(22-9-5-4-6-10-22)24-19-21(3)11-12-25(24)27/h4-6,9-13,19,23H,7-8,14-18H2,1-3H3/p+1. The molecule has 1 N–H and O–H groups in total. The number of benzene rings is 2. The van der Waals surface area contributed by atoms with Crippen LogP contribution in [0.25, 0.3) is 0 Å². The zero-order valence-corrected chi connectivity index (χ0v) is 17.1. The van der Waals surface area contributed by atoms with Crippen molar-refractivity contribution in [1.82, 2.24) is 0 Å². The number of phenols is 1. The summed E-state index contributed by atoms with van der Waals surface area (Å²) in [6, 6.07) is 16.7. The summed E-state index contributed by atoms with van der Waals surface area (Å²) in [4.78, 5) is 0. The van der Waals surface area contributed by atoms with E-state index in [2.05, 4.69) is 63.2 Å². The topological polar surface area (TPSA) is 20.2 Å². The molecule has 0 saturated carbocycles. The molecule has 1 aliphatic heterocycles. The van der Waals surface area contributed by atoms with Crippen molar-refractivity contribution in [3.8, 4) is 5.75 Å². The molecule has 0 radical (unpaired) electrons. The number of rotatable bonds is 7. The van der Waals surface area contributed by atoms with Gasteiger partial charge in [-0.15, -0.1) is 0 Å². The van der Waals surface area contributed by atoms with E-state index in [1.165, 1.54) is 47.1 Å². The zero-order chi connectivity index (χ0) is 19.3. The summed E-state index contributed by atoms with van der Waals surface area (Å²) in [5, 5.41) is 10.6. The summed E-state index contributed by atoms with van der Waals surface area (Å²) < 4.78 is 1.20. The van der Waals surface area contributed by atoms with Crippen LogP contribution in [-0.4, -0.2) is 35.8 Å². The molecular formula is C25H34NO+. The minimum atomic E-state index is 0.244. The third kappa shape index (κ3) is 5.01. The van der Waals surface area contributed by atoms with Gasteiger partial charge in [-0.2, -0.15) is 0 Å². The van der Waals surface area contributed by atoms with Crippen molar-refractivity contribution < 1.29 is 9.59 Å². The van der Waals surface area contributed by atoms with Crippen molar-refractivity contribution in [3.05, 3.63) is 76.9 Å². The second kappa shape index (κ2) is 8.75. The molecule has 27 heavy (non-hydrogen) atoms. The largest absolute Gasteiger partial charge is 0.508 e. The number of nitrogens with zero attached hydrogens (tertiary/aromatic N) is 1. The number of phenolic OH excluding ortho intramolecular Hbond substituents is 1. The van der Waals surface area contributed by atoms with Crippen molar-refractivity contribution in [2.45, 2.75) is 46.0 Å². The Hall–Kier alpha value is -2.06. The number of quaternary nitrogens is 1. The fourth-order valence-electron chi connectivity index (χ4n) is 4.42. The first-order valence-electron chi connectivity index (χ1n) is 10.3. The molecule has 2 nitrogen and oxygen atoms in total. The van der Waals surface area contributed by atoms with Gasteiger partial charge in [-0.05, 0) is 38.5 Å². The average Bonchev–Trinajstić information content (AvgIpc) is 3.13. The Morgan fingerprint density at radius 2 is 1.78 bits per heavy atom. The summed E-state index contributed by atoms with van der Waals surface area (Å²) in [5.74, 6) is 0.667. The average molecular weight is 365 g/mol. The highest BCUT2D eigenvalue weighted by atomic mass is 16.3. The highest BCUT2D eigenvalue weighted by Crippen LogP contribution is 2.36. The van der Waals surface area contributed by atoms with E-state index in [-0.39, 0.29) is 5.92 Å². The maximum Gasteiger partial charge on any atom is 0.119 e. The molecule has 144 valence electrons. The Balaban J connectivity index is 1.87. The molecule has 2 heteroatoms. The van der Waals surface area contributed by atoms with Gasteiger partial charge in [0.25, 0.3) is 0 Å². The summed E-state index contributed by atoms with van der Waals surface area (Å²) in [7, 11) is 0. The summed E-state index contributed by atoms with van der Waals surface area (Å²) >= 11 is 0. The van der Waals surface area contributed by atoms with Crippen LogP contribution >= 0.6 is 0 Å². The molecule has 1 saturated heterocycles. The van der Waals surface area contributed by atoms with Crippen LogP contribution in [0.15, 0.2) is 60.2 Å². The van der Waals surface area contributed by atoms with Crippen LogP contribution in [-0.2, 0) is 0 Å². The molecule has 2 aromatic rings. The maximum absolute atomic E-state index is 10.6. The molecule has 0 bridgehead atoms. The molecule has 0 spiro atoms. The molecule has 0 amide bonds. The van der Waals surface area contributed by atoms with Crippen molar-refractivity contribution in [2.75, 3.05) is 26.2 Å². The number of hydrogen-bond acceptors (Lipinski definition) is 1. The van der Waals surface area contributed by atoms with E-state index in [1.807, 2.05) is 12.1 Å². The molecule has 1 unspecified atom stereocenters. The lowest BCUT2D eigenvalue weighted by atomic mass is 9.86. The molecule has 0 aliphatic carbocycles. The normalized spacial score (nSPS) is 16.9. The van der Waals surface area contributed by atoms with E-state index in [0.29, 0.717) is 5.75 Å². The number of allylic oxidation sites excluding steroid dienone is 1. The fraction of sp³-hybridized carbons (Fsp3) is 0.440. The Kier molecular flexibility index (Phi) is 6.38. The molecular weight excluding hydrogens is 330 g/mol. The number of hydrogen-bond donors (Lipinski definition) is 1. The van der Waals surface area contributed by atoms with Gasteiger partial charge in [0.15, 0.2) is 0 Å². The van der Waals surface area contributed by atoms with E-state index in [4.69, 9.17) is 0 Å². The molecule has 1 atom stereocenters. The van der Waals surface area contributed by atoms with Crippen LogP contribution in [0.2, 0.25) is 0 Å². The van der Waals surface area contributed by atoms with Gasteiger partial charge in [-0.1, -0.05) is 53.6 Å². The fourth-order valence-corrected chi connectivity index (χ4v) is 4.42. The highest BCUT2D eigenvalue weighted by Gasteiger charge is 2.32. The van der Waals surface area contributed by atoms with Gasteiger partial charge >= 0.3 is 0 Å². The van der Waals surface area contributed by atoms with Crippen molar-refractivity contribution in [1.29, 1.82) is 0 Å². The summed E-state index contributed by atoms with van der Waals surface area (Å²) in [5.41, 5.74) is 4.99. The summed E-state index contributed by atoms with van der Waals surface area (Å²) in [6.45, 7) is 11.4. The Bertz CT molecular complexity index is 768. The second-order valence-corrected chi connectivity index (χ2v) is 8.50. The molecule has 1 fully saturated rings. The van der Waals surface area contributed by atoms with Crippen LogP contribution in [0, 0.1) is 6.92 Å². The second-order valence-electron chi connectivity index (χ2n) is 8.50. The molecule has 1 heterocycles. The van der Waals surface area contributed by atoms with Gasteiger partial charge in [-0.25, -0.2) is 0 Å². The first-order chi connectivity index (χ1) is 13.0. The predicted molar refractivity (Wildman–Crippen MR) is 114 cm³/mol. The van der Waals surface area contributed by atoms with E-state index in [0.717, 1.165) is 25.1 Å². The number of aryl methyl sites for hydroxylation is 1. The van der Waals surface area contributed by atoms with E-state index in [9.17, 15) is 5.11 Å². The van der Waals surface area contributed by atoms with Gasteiger partial charge in [-0.3, -0.25) is 0 Å². The van der Waals surface area contributed by atoms with Crippen molar-refractivity contribution >= 4 is 0 Å². The van der Waals surface area contributed by atoms with Crippen LogP contribution in [0.3, 0.4) is 0 Å². The monoisotopic (exact) mass is 364 g/mol. The third-order valence-electron chi connectivity index (χ3n) is 6.05. The third-order valence-corrected chi connectivity index (χ3v) is 6.05. The van der Waals surface area contributed by atoms with Crippen molar-refractivity contribution in [2.24, 2.45) is 0 Å². The Morgan fingerprint density at radius 3 is 2.44 bits per heavy atom. The number of likely N-dealkylation sites (tertiary alicyclic amines) is 1.